The van der Waals surface area contributed by atoms with E-state index in [1.807, 2.05) is 59.6 Å². The standard InChI is InChI=1S/C30H21Cl3N4/c31-21-9-10-26-27(11-12-34-29(26)17-21)35-24-8-4-7-20(13-24)30-18-28(19-5-2-1-3-6-19)36-37(30)25-15-22(32)14-23(33)16-25/h1-17,30H,18H2,(H,34,35). The Morgan fingerprint density at radius 2 is 1.57 bits per heavy atom. The molecule has 0 aliphatic carbocycles. The van der Waals surface area contributed by atoms with E-state index in [2.05, 4.69) is 46.7 Å². The Morgan fingerprint density at radius 1 is 0.757 bits per heavy atom. The normalized spacial score (nSPS) is 15.2. The van der Waals surface area contributed by atoms with Gasteiger partial charge in [0.2, 0.25) is 0 Å². The van der Waals surface area contributed by atoms with Crippen LogP contribution in [-0.2, 0) is 0 Å². The lowest BCUT2D eigenvalue weighted by Crippen LogP contribution is -2.18. The average molecular weight is 544 g/mol. The molecule has 1 atom stereocenters. The van der Waals surface area contributed by atoms with Crippen molar-refractivity contribution in [3.8, 4) is 0 Å². The van der Waals surface area contributed by atoms with Gasteiger partial charge in [0.1, 0.15) is 0 Å². The number of nitrogens with zero attached hydrogens (tertiary/aromatic N) is 3. The van der Waals surface area contributed by atoms with Gasteiger partial charge in [0.05, 0.1) is 23.0 Å². The lowest BCUT2D eigenvalue weighted by Gasteiger charge is -2.25. The van der Waals surface area contributed by atoms with Crippen molar-refractivity contribution in [2.45, 2.75) is 12.5 Å². The van der Waals surface area contributed by atoms with Crippen molar-refractivity contribution in [2.75, 3.05) is 10.3 Å². The maximum atomic E-state index is 6.37. The lowest BCUT2D eigenvalue weighted by molar-refractivity contribution is 0.709. The molecule has 0 fully saturated rings. The molecule has 1 N–H and O–H groups in total. The highest BCUT2D eigenvalue weighted by molar-refractivity contribution is 6.35. The number of nitrogens with one attached hydrogen (secondary N) is 1. The second-order valence-corrected chi connectivity index (χ2v) is 10.2. The second kappa shape index (κ2) is 10.1. The third-order valence-corrected chi connectivity index (χ3v) is 7.06. The van der Waals surface area contributed by atoms with Crippen molar-refractivity contribution in [3.63, 3.8) is 0 Å². The van der Waals surface area contributed by atoms with Gasteiger partial charge in [0, 0.05) is 44.4 Å². The number of benzene rings is 4. The molecule has 0 spiro atoms. The summed E-state index contributed by atoms with van der Waals surface area (Å²) in [6.45, 7) is 0. The summed E-state index contributed by atoms with van der Waals surface area (Å²) < 4.78 is 0. The third kappa shape index (κ3) is 5.01. The van der Waals surface area contributed by atoms with Crippen molar-refractivity contribution in [2.24, 2.45) is 5.10 Å². The second-order valence-electron chi connectivity index (χ2n) is 8.88. The van der Waals surface area contributed by atoms with E-state index in [1.54, 1.807) is 12.3 Å². The minimum absolute atomic E-state index is 0.0283. The van der Waals surface area contributed by atoms with Crippen molar-refractivity contribution < 1.29 is 0 Å². The predicted molar refractivity (Wildman–Crippen MR) is 156 cm³/mol. The van der Waals surface area contributed by atoms with E-state index >= 15 is 0 Å². The molecule has 1 unspecified atom stereocenters. The summed E-state index contributed by atoms with van der Waals surface area (Å²) in [6.07, 6.45) is 2.53. The number of hydrogen-bond donors (Lipinski definition) is 1. The molecular weight excluding hydrogens is 523 g/mol. The highest BCUT2D eigenvalue weighted by atomic mass is 35.5. The zero-order valence-electron chi connectivity index (χ0n) is 19.6. The minimum Gasteiger partial charge on any atom is -0.355 e. The summed E-state index contributed by atoms with van der Waals surface area (Å²) in [5.74, 6) is 0. The van der Waals surface area contributed by atoms with Gasteiger partial charge in [0.25, 0.3) is 0 Å². The van der Waals surface area contributed by atoms with Crippen LogP contribution in [0.4, 0.5) is 17.1 Å². The molecule has 0 saturated carbocycles. The SMILES string of the molecule is Clc1cc(Cl)cc(N2N=C(c3ccccc3)CC2c2cccc(Nc3ccnc4cc(Cl)ccc34)c2)c1. The van der Waals surface area contributed by atoms with Crippen LogP contribution in [0.25, 0.3) is 10.9 Å². The smallest absolute Gasteiger partial charge is 0.0832 e. The van der Waals surface area contributed by atoms with E-state index in [9.17, 15) is 0 Å². The van der Waals surface area contributed by atoms with Crippen LogP contribution in [0.15, 0.2) is 108 Å². The molecule has 5 aromatic rings. The molecule has 0 saturated heterocycles. The van der Waals surface area contributed by atoms with Crippen LogP contribution >= 0.6 is 34.8 Å². The Balaban J connectivity index is 1.37. The molecule has 4 nitrogen and oxygen atoms in total. The molecule has 37 heavy (non-hydrogen) atoms. The first kappa shape index (κ1) is 23.8. The monoisotopic (exact) mass is 542 g/mol. The number of halogens is 3. The van der Waals surface area contributed by atoms with E-state index in [0.717, 1.165) is 51.2 Å². The first-order chi connectivity index (χ1) is 18.0. The number of hydrogen-bond acceptors (Lipinski definition) is 4. The van der Waals surface area contributed by atoms with Gasteiger partial charge < -0.3 is 5.32 Å². The summed E-state index contributed by atoms with van der Waals surface area (Å²) >= 11 is 18.9. The Bertz CT molecular complexity index is 1620. The fourth-order valence-corrected chi connectivity index (χ4v) is 5.37. The highest BCUT2D eigenvalue weighted by Gasteiger charge is 2.30. The Kier molecular flexibility index (Phi) is 6.47. The zero-order chi connectivity index (χ0) is 25.4. The summed E-state index contributed by atoms with van der Waals surface area (Å²) in [4.78, 5) is 4.45. The Hall–Kier alpha value is -3.57. The van der Waals surface area contributed by atoms with Crippen LogP contribution in [0.5, 0.6) is 0 Å². The third-order valence-electron chi connectivity index (χ3n) is 6.38. The van der Waals surface area contributed by atoms with E-state index < -0.39 is 0 Å². The van der Waals surface area contributed by atoms with Crippen molar-refractivity contribution in [1.29, 1.82) is 0 Å². The maximum Gasteiger partial charge on any atom is 0.0832 e. The average Bonchev–Trinajstić information content (AvgIpc) is 3.35. The summed E-state index contributed by atoms with van der Waals surface area (Å²) in [7, 11) is 0. The van der Waals surface area contributed by atoms with Gasteiger partial charge in [-0.15, -0.1) is 0 Å². The van der Waals surface area contributed by atoms with Gasteiger partial charge in [-0.25, -0.2) is 0 Å². The molecule has 4 aromatic carbocycles. The lowest BCUT2D eigenvalue weighted by atomic mass is 9.97. The van der Waals surface area contributed by atoms with E-state index in [0.29, 0.717) is 15.1 Å². The van der Waals surface area contributed by atoms with Gasteiger partial charge in [0.15, 0.2) is 0 Å². The van der Waals surface area contributed by atoms with Gasteiger partial charge in [-0.3, -0.25) is 9.99 Å². The van der Waals surface area contributed by atoms with Crippen LogP contribution in [0.2, 0.25) is 15.1 Å². The van der Waals surface area contributed by atoms with Crippen LogP contribution in [0, 0.1) is 0 Å². The van der Waals surface area contributed by atoms with Gasteiger partial charge >= 0.3 is 0 Å². The van der Waals surface area contributed by atoms with Crippen molar-refractivity contribution in [1.82, 2.24) is 4.98 Å². The first-order valence-corrected chi connectivity index (χ1v) is 13.0. The maximum absolute atomic E-state index is 6.37. The number of rotatable bonds is 5. The topological polar surface area (TPSA) is 40.5 Å². The molecule has 6 rings (SSSR count). The fourth-order valence-electron chi connectivity index (χ4n) is 4.69. The van der Waals surface area contributed by atoms with E-state index in [1.165, 1.54) is 0 Å². The number of fused-ring (bicyclic) bond motifs is 1. The molecular formula is C30H21Cl3N4. The molecule has 2 heterocycles. The van der Waals surface area contributed by atoms with Crippen LogP contribution in [-0.4, -0.2) is 10.7 Å². The van der Waals surface area contributed by atoms with Crippen LogP contribution in [0.3, 0.4) is 0 Å². The molecule has 182 valence electrons. The molecule has 1 aliphatic heterocycles. The number of hydrazone groups is 1. The van der Waals surface area contributed by atoms with Gasteiger partial charge in [-0.2, -0.15) is 5.10 Å². The van der Waals surface area contributed by atoms with E-state index in [-0.39, 0.29) is 6.04 Å². The van der Waals surface area contributed by atoms with Crippen LogP contribution < -0.4 is 10.3 Å². The molecule has 0 bridgehead atoms. The van der Waals surface area contributed by atoms with Gasteiger partial charge in [-0.05, 0) is 65.7 Å². The first-order valence-electron chi connectivity index (χ1n) is 11.8. The number of pyridine rings is 1. The molecule has 1 aliphatic rings. The minimum atomic E-state index is -0.0283. The zero-order valence-corrected chi connectivity index (χ0v) is 21.8. The predicted octanol–water partition coefficient (Wildman–Crippen LogP) is 9.29. The molecule has 7 heteroatoms. The van der Waals surface area contributed by atoms with Gasteiger partial charge in [-0.1, -0.05) is 77.3 Å². The summed E-state index contributed by atoms with van der Waals surface area (Å²) in [5.41, 5.74) is 6.86. The van der Waals surface area contributed by atoms with E-state index in [4.69, 9.17) is 39.9 Å². The molecule has 1 aromatic heterocycles. The highest BCUT2D eigenvalue weighted by Crippen LogP contribution is 2.39. The molecule has 0 radical (unpaired) electrons. The summed E-state index contributed by atoms with van der Waals surface area (Å²) in [6, 6.07) is 31.8. The fraction of sp³-hybridized carbons (Fsp3) is 0.0667. The summed E-state index contributed by atoms with van der Waals surface area (Å²) in [5, 5.41) is 13.4. The number of aromatic nitrogens is 1. The quantitative estimate of drug-likeness (QED) is 0.240. The Morgan fingerprint density at radius 3 is 2.38 bits per heavy atom. The largest absolute Gasteiger partial charge is 0.355 e. The van der Waals surface area contributed by atoms with Crippen molar-refractivity contribution in [3.05, 3.63) is 129 Å². The Labute approximate surface area is 230 Å². The number of anilines is 3. The van der Waals surface area contributed by atoms with Crippen LogP contribution in [0.1, 0.15) is 23.6 Å². The van der Waals surface area contributed by atoms with Crippen molar-refractivity contribution >= 4 is 68.5 Å². The molecule has 0 amide bonds.